The smallest absolute Gasteiger partial charge is 0.262 e. The molecule has 2 aromatic rings. The third-order valence-corrected chi connectivity index (χ3v) is 4.15. The van der Waals surface area contributed by atoms with Crippen molar-refractivity contribution >= 4 is 29.1 Å². The van der Waals surface area contributed by atoms with E-state index in [0.717, 1.165) is 18.4 Å². The van der Waals surface area contributed by atoms with E-state index in [1.54, 1.807) is 42.5 Å². The van der Waals surface area contributed by atoms with Crippen molar-refractivity contribution in [3.63, 3.8) is 0 Å². The highest BCUT2D eigenvalue weighted by atomic mass is 35.5. The average Bonchev–Trinajstić information content (AvgIpc) is 2.63. The largest absolute Gasteiger partial charge is 0.484 e. The highest BCUT2D eigenvalue weighted by Crippen LogP contribution is 2.21. The molecule has 0 spiro atoms. The zero-order chi connectivity index (χ0) is 18.9. The Morgan fingerprint density at radius 1 is 1.15 bits per heavy atom. The van der Waals surface area contributed by atoms with Gasteiger partial charge in [0, 0.05) is 22.8 Å². The number of halogens is 1. The summed E-state index contributed by atoms with van der Waals surface area (Å²) in [5, 5.41) is 6.23. The fourth-order valence-electron chi connectivity index (χ4n) is 2.27. The zero-order valence-electron chi connectivity index (χ0n) is 15.0. The highest BCUT2D eigenvalue weighted by Gasteiger charge is 2.08. The lowest BCUT2D eigenvalue weighted by Crippen LogP contribution is -2.25. The minimum absolute atomic E-state index is 0.131. The molecule has 0 saturated carbocycles. The summed E-state index contributed by atoms with van der Waals surface area (Å²) >= 11 is 5.96. The molecule has 0 saturated heterocycles. The van der Waals surface area contributed by atoms with Gasteiger partial charge in [-0.25, -0.2) is 0 Å². The first-order valence-corrected chi connectivity index (χ1v) is 8.94. The van der Waals surface area contributed by atoms with Crippen LogP contribution in [-0.4, -0.2) is 25.0 Å². The van der Waals surface area contributed by atoms with Crippen molar-refractivity contribution < 1.29 is 14.3 Å². The van der Waals surface area contributed by atoms with Crippen LogP contribution in [0.25, 0.3) is 0 Å². The topological polar surface area (TPSA) is 67.4 Å². The number of hydrogen-bond donors (Lipinski definition) is 2. The monoisotopic (exact) mass is 374 g/mol. The molecular formula is C20H23ClN2O3. The Morgan fingerprint density at radius 2 is 1.96 bits per heavy atom. The third kappa shape index (κ3) is 6.08. The van der Waals surface area contributed by atoms with E-state index in [2.05, 4.69) is 17.6 Å². The van der Waals surface area contributed by atoms with Crippen LogP contribution in [0.2, 0.25) is 5.02 Å². The average molecular weight is 375 g/mol. The number of rotatable bonds is 8. The van der Waals surface area contributed by atoms with Gasteiger partial charge in [-0.05, 0) is 55.3 Å². The molecule has 2 aromatic carbocycles. The Hall–Kier alpha value is -2.53. The summed E-state index contributed by atoms with van der Waals surface area (Å²) in [4.78, 5) is 24.1. The SMILES string of the molecule is CCCCNC(=O)c1cccc(NC(=O)COc2ccc(Cl)c(C)c2)c1. The fraction of sp³-hybridized carbons (Fsp3) is 0.300. The van der Waals surface area contributed by atoms with Gasteiger partial charge < -0.3 is 15.4 Å². The minimum atomic E-state index is -0.304. The first kappa shape index (κ1) is 19.8. The molecule has 0 aromatic heterocycles. The molecule has 0 fully saturated rings. The Bertz CT molecular complexity index is 777. The molecule has 0 atom stereocenters. The van der Waals surface area contributed by atoms with Crippen LogP contribution in [0.4, 0.5) is 5.69 Å². The van der Waals surface area contributed by atoms with Crippen LogP contribution in [0.5, 0.6) is 5.75 Å². The Balaban J connectivity index is 1.89. The molecule has 0 radical (unpaired) electrons. The van der Waals surface area contributed by atoms with Crippen LogP contribution >= 0.6 is 11.6 Å². The van der Waals surface area contributed by atoms with Crippen molar-refractivity contribution in [2.45, 2.75) is 26.7 Å². The number of hydrogen-bond acceptors (Lipinski definition) is 3. The van der Waals surface area contributed by atoms with Crippen molar-refractivity contribution in [2.75, 3.05) is 18.5 Å². The number of carbonyl (C=O) groups excluding carboxylic acids is 2. The lowest BCUT2D eigenvalue weighted by molar-refractivity contribution is -0.118. The maximum absolute atomic E-state index is 12.1. The van der Waals surface area contributed by atoms with E-state index in [1.807, 2.05) is 6.92 Å². The van der Waals surface area contributed by atoms with Crippen molar-refractivity contribution in [3.05, 3.63) is 58.6 Å². The third-order valence-electron chi connectivity index (χ3n) is 3.72. The number of nitrogens with one attached hydrogen (secondary N) is 2. The van der Waals surface area contributed by atoms with Gasteiger partial charge in [0.05, 0.1) is 0 Å². The number of benzene rings is 2. The first-order chi connectivity index (χ1) is 12.5. The molecule has 0 aliphatic heterocycles. The lowest BCUT2D eigenvalue weighted by atomic mass is 10.2. The maximum atomic E-state index is 12.1. The van der Waals surface area contributed by atoms with E-state index >= 15 is 0 Å². The predicted molar refractivity (Wildman–Crippen MR) is 104 cm³/mol. The first-order valence-electron chi connectivity index (χ1n) is 8.56. The molecule has 5 nitrogen and oxygen atoms in total. The molecule has 26 heavy (non-hydrogen) atoms. The van der Waals surface area contributed by atoms with Crippen molar-refractivity contribution in [3.8, 4) is 5.75 Å². The van der Waals surface area contributed by atoms with Crippen molar-refractivity contribution in [2.24, 2.45) is 0 Å². The lowest BCUT2D eigenvalue weighted by Gasteiger charge is -2.10. The van der Waals surface area contributed by atoms with Crippen molar-refractivity contribution in [1.82, 2.24) is 5.32 Å². The number of carbonyl (C=O) groups is 2. The molecule has 2 rings (SSSR count). The molecule has 0 aliphatic rings. The molecule has 0 heterocycles. The molecule has 0 unspecified atom stereocenters. The number of unbranched alkanes of at least 4 members (excludes halogenated alkanes) is 1. The van der Waals surface area contributed by atoms with E-state index in [-0.39, 0.29) is 18.4 Å². The van der Waals surface area contributed by atoms with Crippen LogP contribution < -0.4 is 15.4 Å². The Labute approximate surface area is 158 Å². The zero-order valence-corrected chi connectivity index (χ0v) is 15.7. The van der Waals surface area contributed by atoms with Crippen LogP contribution in [0.1, 0.15) is 35.7 Å². The van der Waals surface area contributed by atoms with Crippen LogP contribution in [0.3, 0.4) is 0 Å². The van der Waals surface area contributed by atoms with Crippen LogP contribution in [0.15, 0.2) is 42.5 Å². The Kier molecular flexibility index (Phi) is 7.48. The maximum Gasteiger partial charge on any atom is 0.262 e. The van der Waals surface area contributed by atoms with Gasteiger partial charge in [-0.1, -0.05) is 31.0 Å². The van der Waals surface area contributed by atoms with E-state index < -0.39 is 0 Å². The molecule has 2 N–H and O–H groups in total. The number of aryl methyl sites for hydroxylation is 1. The van der Waals surface area contributed by atoms with Gasteiger partial charge in [0.1, 0.15) is 5.75 Å². The molecular weight excluding hydrogens is 352 g/mol. The van der Waals surface area contributed by atoms with Gasteiger partial charge in [0.15, 0.2) is 6.61 Å². The van der Waals surface area contributed by atoms with Gasteiger partial charge in [0.25, 0.3) is 11.8 Å². The van der Waals surface area contributed by atoms with Gasteiger partial charge >= 0.3 is 0 Å². The van der Waals surface area contributed by atoms with Gasteiger partial charge in [-0.15, -0.1) is 0 Å². The van der Waals surface area contributed by atoms with Crippen LogP contribution in [-0.2, 0) is 4.79 Å². The summed E-state index contributed by atoms with van der Waals surface area (Å²) in [6.45, 7) is 4.44. The normalized spacial score (nSPS) is 10.3. The Morgan fingerprint density at radius 3 is 2.69 bits per heavy atom. The molecule has 0 bridgehead atoms. The number of ether oxygens (including phenoxy) is 1. The summed E-state index contributed by atoms with van der Waals surface area (Å²) in [7, 11) is 0. The highest BCUT2D eigenvalue weighted by molar-refractivity contribution is 6.31. The summed E-state index contributed by atoms with van der Waals surface area (Å²) < 4.78 is 5.47. The van der Waals surface area contributed by atoms with Gasteiger partial charge in [0.2, 0.25) is 0 Å². The number of amides is 2. The molecule has 2 amide bonds. The summed E-state index contributed by atoms with van der Waals surface area (Å²) in [6.07, 6.45) is 1.95. The standard InChI is InChI=1S/C20H23ClN2O3/c1-3-4-10-22-20(25)15-6-5-7-16(12-15)23-19(24)13-26-17-8-9-18(21)14(2)11-17/h5-9,11-12H,3-4,10,13H2,1-2H3,(H,22,25)(H,23,24). The number of anilines is 1. The minimum Gasteiger partial charge on any atom is -0.484 e. The fourth-order valence-corrected chi connectivity index (χ4v) is 2.39. The predicted octanol–water partition coefficient (Wildman–Crippen LogP) is 4.20. The second-order valence-electron chi connectivity index (χ2n) is 5.94. The van der Waals surface area contributed by atoms with Crippen LogP contribution in [0, 0.1) is 6.92 Å². The summed E-state index contributed by atoms with van der Waals surface area (Å²) in [5.74, 6) is 0.120. The van der Waals surface area contributed by atoms with E-state index in [9.17, 15) is 9.59 Å². The second-order valence-corrected chi connectivity index (χ2v) is 6.35. The van der Waals surface area contributed by atoms with E-state index in [4.69, 9.17) is 16.3 Å². The van der Waals surface area contributed by atoms with E-state index in [1.165, 1.54) is 0 Å². The van der Waals surface area contributed by atoms with Crippen molar-refractivity contribution in [1.29, 1.82) is 0 Å². The van der Waals surface area contributed by atoms with Gasteiger partial charge in [-0.3, -0.25) is 9.59 Å². The summed E-state index contributed by atoms with van der Waals surface area (Å²) in [5.41, 5.74) is 1.94. The summed E-state index contributed by atoms with van der Waals surface area (Å²) in [6, 6.07) is 12.0. The second kappa shape index (κ2) is 9.82. The van der Waals surface area contributed by atoms with E-state index in [0.29, 0.717) is 28.6 Å². The molecule has 0 aliphatic carbocycles. The molecule has 6 heteroatoms. The van der Waals surface area contributed by atoms with Gasteiger partial charge in [-0.2, -0.15) is 0 Å². The quantitative estimate of drug-likeness (QED) is 0.680. The molecule has 138 valence electrons.